The third-order valence-corrected chi connectivity index (χ3v) is 6.75. The molecule has 0 aliphatic rings. The molecule has 3 aromatic carbocycles. The van der Waals surface area contributed by atoms with Crippen LogP contribution >= 0.6 is 11.6 Å². The van der Waals surface area contributed by atoms with Crippen LogP contribution in [0.4, 0.5) is 0 Å². The Morgan fingerprint density at radius 3 is 2.22 bits per heavy atom. The fraction of sp³-hybridized carbons (Fsp3) is 0.208. The molecule has 0 heterocycles. The van der Waals surface area contributed by atoms with Crippen LogP contribution in [0.1, 0.15) is 24.1 Å². The van der Waals surface area contributed by atoms with Gasteiger partial charge in [0.15, 0.2) is 0 Å². The zero-order valence-electron chi connectivity index (χ0n) is 17.8. The SMILES string of the molecule is COc1ccc(S(=O)(=O)NC(Cc2ccccc2)C(=O)NC(C)c2ccccc2)cc1Cl. The van der Waals surface area contributed by atoms with E-state index < -0.39 is 22.0 Å². The van der Waals surface area contributed by atoms with Crippen molar-refractivity contribution < 1.29 is 17.9 Å². The number of rotatable bonds is 9. The molecule has 0 saturated heterocycles. The van der Waals surface area contributed by atoms with E-state index >= 15 is 0 Å². The van der Waals surface area contributed by atoms with Crippen LogP contribution in [0.3, 0.4) is 0 Å². The largest absolute Gasteiger partial charge is 0.495 e. The van der Waals surface area contributed by atoms with Gasteiger partial charge in [-0.2, -0.15) is 4.72 Å². The Kier molecular flexibility index (Phi) is 7.90. The molecule has 168 valence electrons. The normalized spacial score (nSPS) is 13.2. The Bertz CT molecular complexity index is 1160. The molecule has 0 radical (unpaired) electrons. The first-order valence-electron chi connectivity index (χ1n) is 10.1. The van der Waals surface area contributed by atoms with E-state index in [1.165, 1.54) is 25.3 Å². The van der Waals surface area contributed by atoms with Crippen molar-refractivity contribution in [2.24, 2.45) is 0 Å². The molecule has 0 aromatic heterocycles. The van der Waals surface area contributed by atoms with Crippen LogP contribution in [0.5, 0.6) is 5.75 Å². The van der Waals surface area contributed by atoms with Crippen molar-refractivity contribution in [3.8, 4) is 5.75 Å². The summed E-state index contributed by atoms with van der Waals surface area (Å²) in [5.41, 5.74) is 1.75. The lowest BCUT2D eigenvalue weighted by Crippen LogP contribution is -2.48. The van der Waals surface area contributed by atoms with Crippen LogP contribution < -0.4 is 14.8 Å². The van der Waals surface area contributed by atoms with Crippen molar-refractivity contribution in [2.75, 3.05) is 7.11 Å². The van der Waals surface area contributed by atoms with Gasteiger partial charge in [-0.05, 0) is 42.7 Å². The minimum atomic E-state index is -4.02. The molecule has 0 saturated carbocycles. The maximum atomic E-state index is 13.1. The highest BCUT2D eigenvalue weighted by atomic mass is 35.5. The van der Waals surface area contributed by atoms with Crippen LogP contribution in [0.2, 0.25) is 5.02 Å². The van der Waals surface area contributed by atoms with Crippen molar-refractivity contribution in [3.63, 3.8) is 0 Å². The summed E-state index contributed by atoms with van der Waals surface area (Å²) in [4.78, 5) is 13.1. The van der Waals surface area contributed by atoms with Gasteiger partial charge in [-0.3, -0.25) is 4.79 Å². The minimum Gasteiger partial charge on any atom is -0.495 e. The maximum absolute atomic E-state index is 13.1. The van der Waals surface area contributed by atoms with Crippen LogP contribution in [0.15, 0.2) is 83.8 Å². The van der Waals surface area contributed by atoms with E-state index in [1.807, 2.05) is 67.6 Å². The van der Waals surface area contributed by atoms with Gasteiger partial charge in [0.2, 0.25) is 15.9 Å². The van der Waals surface area contributed by atoms with Gasteiger partial charge in [0.25, 0.3) is 0 Å². The molecular formula is C24H25ClN2O4S. The van der Waals surface area contributed by atoms with Crippen LogP contribution in [-0.2, 0) is 21.2 Å². The Morgan fingerprint density at radius 1 is 1.00 bits per heavy atom. The molecule has 1 amide bonds. The number of halogens is 1. The number of carbonyl (C=O) groups excluding carboxylic acids is 1. The monoisotopic (exact) mass is 472 g/mol. The summed E-state index contributed by atoms with van der Waals surface area (Å²) >= 11 is 6.10. The second kappa shape index (κ2) is 10.6. The lowest BCUT2D eigenvalue weighted by molar-refractivity contribution is -0.123. The minimum absolute atomic E-state index is 0.0507. The Morgan fingerprint density at radius 2 is 1.62 bits per heavy atom. The summed E-state index contributed by atoms with van der Waals surface area (Å²) in [5, 5.41) is 3.07. The smallest absolute Gasteiger partial charge is 0.241 e. The average molecular weight is 473 g/mol. The van der Waals surface area contributed by atoms with E-state index in [0.29, 0.717) is 5.75 Å². The predicted octanol–water partition coefficient (Wildman–Crippen LogP) is 4.12. The van der Waals surface area contributed by atoms with E-state index in [1.54, 1.807) is 0 Å². The van der Waals surface area contributed by atoms with Gasteiger partial charge in [0, 0.05) is 0 Å². The molecule has 0 fully saturated rings. The molecule has 2 unspecified atom stereocenters. The van der Waals surface area contributed by atoms with Gasteiger partial charge < -0.3 is 10.1 Å². The van der Waals surface area contributed by atoms with E-state index in [-0.39, 0.29) is 22.4 Å². The molecule has 3 rings (SSSR count). The van der Waals surface area contributed by atoms with Gasteiger partial charge in [-0.15, -0.1) is 0 Å². The van der Waals surface area contributed by atoms with E-state index in [4.69, 9.17) is 16.3 Å². The second-order valence-electron chi connectivity index (χ2n) is 7.30. The Hall–Kier alpha value is -2.87. The van der Waals surface area contributed by atoms with Gasteiger partial charge >= 0.3 is 0 Å². The van der Waals surface area contributed by atoms with E-state index in [0.717, 1.165) is 11.1 Å². The molecule has 2 atom stereocenters. The summed E-state index contributed by atoms with van der Waals surface area (Å²) in [5.74, 6) is -0.0609. The van der Waals surface area contributed by atoms with Crippen molar-refractivity contribution >= 4 is 27.5 Å². The number of benzene rings is 3. The van der Waals surface area contributed by atoms with Crippen LogP contribution in [0.25, 0.3) is 0 Å². The Labute approximate surface area is 193 Å². The Balaban J connectivity index is 1.85. The first-order valence-corrected chi connectivity index (χ1v) is 11.9. The molecule has 2 N–H and O–H groups in total. The fourth-order valence-electron chi connectivity index (χ4n) is 3.25. The molecule has 0 aliphatic heterocycles. The average Bonchev–Trinajstić information content (AvgIpc) is 2.79. The molecule has 8 heteroatoms. The highest BCUT2D eigenvalue weighted by Gasteiger charge is 2.27. The summed E-state index contributed by atoms with van der Waals surface area (Å²) in [7, 11) is -2.58. The number of hydrogen-bond acceptors (Lipinski definition) is 4. The summed E-state index contributed by atoms with van der Waals surface area (Å²) in [6, 6.07) is 21.6. The molecule has 3 aromatic rings. The van der Waals surface area contributed by atoms with Gasteiger partial charge in [-0.25, -0.2) is 8.42 Å². The number of hydrogen-bond donors (Lipinski definition) is 2. The number of ether oxygens (including phenoxy) is 1. The number of amides is 1. The fourth-order valence-corrected chi connectivity index (χ4v) is 4.79. The third-order valence-electron chi connectivity index (χ3n) is 4.99. The van der Waals surface area contributed by atoms with Crippen LogP contribution in [0, 0.1) is 0 Å². The van der Waals surface area contributed by atoms with Gasteiger partial charge in [0.1, 0.15) is 11.8 Å². The second-order valence-corrected chi connectivity index (χ2v) is 9.42. The quantitative estimate of drug-likeness (QED) is 0.490. The van der Waals surface area contributed by atoms with Crippen molar-refractivity contribution in [1.29, 1.82) is 0 Å². The highest BCUT2D eigenvalue weighted by Crippen LogP contribution is 2.27. The summed E-state index contributed by atoms with van der Waals surface area (Å²) in [6.07, 6.45) is 0.192. The lowest BCUT2D eigenvalue weighted by atomic mass is 10.0. The first kappa shape index (κ1) is 23.8. The number of methoxy groups -OCH3 is 1. The molecular weight excluding hydrogens is 448 g/mol. The number of nitrogens with one attached hydrogen (secondary N) is 2. The maximum Gasteiger partial charge on any atom is 0.241 e. The number of sulfonamides is 1. The standard InChI is InChI=1S/C24H25ClN2O4S/c1-17(19-11-7-4-8-12-19)26-24(28)22(15-18-9-5-3-6-10-18)27-32(29,30)20-13-14-23(31-2)21(25)16-20/h3-14,16-17,22,27H,15H2,1-2H3,(H,26,28). The third kappa shape index (κ3) is 6.09. The zero-order valence-corrected chi connectivity index (χ0v) is 19.4. The lowest BCUT2D eigenvalue weighted by Gasteiger charge is -2.22. The highest BCUT2D eigenvalue weighted by molar-refractivity contribution is 7.89. The van der Waals surface area contributed by atoms with Crippen LogP contribution in [-0.4, -0.2) is 27.5 Å². The van der Waals surface area contributed by atoms with Gasteiger partial charge in [-0.1, -0.05) is 72.3 Å². The van der Waals surface area contributed by atoms with Crippen molar-refractivity contribution in [3.05, 3.63) is 95.0 Å². The molecule has 32 heavy (non-hydrogen) atoms. The number of carbonyl (C=O) groups is 1. The summed E-state index contributed by atoms with van der Waals surface area (Å²) in [6.45, 7) is 1.85. The van der Waals surface area contributed by atoms with Crippen molar-refractivity contribution in [1.82, 2.24) is 10.0 Å². The summed E-state index contributed by atoms with van der Waals surface area (Å²) < 4.78 is 33.7. The zero-order chi connectivity index (χ0) is 23.1. The van der Waals surface area contributed by atoms with E-state index in [9.17, 15) is 13.2 Å². The molecule has 0 aliphatic carbocycles. The topological polar surface area (TPSA) is 84.5 Å². The molecule has 6 nitrogen and oxygen atoms in total. The van der Waals surface area contributed by atoms with Gasteiger partial charge in [0.05, 0.1) is 23.1 Å². The molecule has 0 bridgehead atoms. The first-order chi connectivity index (χ1) is 15.3. The predicted molar refractivity (Wildman–Crippen MR) is 125 cm³/mol. The van der Waals surface area contributed by atoms with Crippen molar-refractivity contribution in [2.45, 2.75) is 30.3 Å². The van der Waals surface area contributed by atoms with E-state index in [2.05, 4.69) is 10.0 Å². The molecule has 0 spiro atoms.